The second-order valence-electron chi connectivity index (χ2n) is 6.71. The van der Waals surface area contributed by atoms with E-state index in [4.69, 9.17) is 18.9 Å². The minimum Gasteiger partial charge on any atom is -0.493 e. The zero-order valence-corrected chi connectivity index (χ0v) is 18.9. The maximum Gasteiger partial charge on any atom is 0.310 e. The summed E-state index contributed by atoms with van der Waals surface area (Å²) in [5.74, 6) is 0.0384. The van der Waals surface area contributed by atoms with Crippen molar-refractivity contribution in [2.24, 2.45) is 0 Å². The highest BCUT2D eigenvalue weighted by atomic mass is 32.2. The molecule has 0 saturated heterocycles. The molecule has 0 N–H and O–H groups in total. The summed E-state index contributed by atoms with van der Waals surface area (Å²) in [6, 6.07) is 12.8. The second-order valence-corrected chi connectivity index (χ2v) is 7.75. The monoisotopic (exact) mass is 454 g/mol. The van der Waals surface area contributed by atoms with E-state index >= 15 is 0 Å². The van der Waals surface area contributed by atoms with Gasteiger partial charge >= 0.3 is 5.97 Å². The largest absolute Gasteiger partial charge is 0.493 e. The number of hydrogen-bond acceptors (Lipinski definition) is 9. The molecule has 0 atom stereocenters. The van der Waals surface area contributed by atoms with Gasteiger partial charge in [-0.15, -0.1) is 0 Å². The molecule has 0 spiro atoms. The predicted octanol–water partition coefficient (Wildman–Crippen LogP) is 3.34. The zero-order chi connectivity index (χ0) is 23.3. The van der Waals surface area contributed by atoms with Gasteiger partial charge in [0, 0.05) is 11.9 Å². The summed E-state index contributed by atoms with van der Waals surface area (Å²) < 4.78 is 21.0. The van der Waals surface area contributed by atoms with Gasteiger partial charge in [0.25, 0.3) is 0 Å². The summed E-state index contributed by atoms with van der Waals surface area (Å²) in [6.45, 7) is -0.527. The molecule has 0 unspecified atom stereocenters. The first-order valence-electron chi connectivity index (χ1n) is 9.56. The highest BCUT2D eigenvalue weighted by molar-refractivity contribution is 8.03. The van der Waals surface area contributed by atoms with E-state index in [0.29, 0.717) is 27.8 Å². The minimum absolute atomic E-state index is 0.0470. The lowest BCUT2D eigenvalue weighted by Gasteiger charge is -2.15. The average molecular weight is 455 g/mol. The number of anilines is 1. The normalized spacial score (nSPS) is 13.7. The van der Waals surface area contributed by atoms with Crippen molar-refractivity contribution in [3.8, 4) is 23.3 Å². The molecular formula is C23H22N2O6S. The molecule has 0 amide bonds. The molecule has 1 aliphatic heterocycles. The molecule has 9 heteroatoms. The smallest absolute Gasteiger partial charge is 0.310 e. The molecule has 0 aromatic heterocycles. The van der Waals surface area contributed by atoms with Crippen LogP contribution in [0.5, 0.6) is 17.2 Å². The van der Waals surface area contributed by atoms with Crippen LogP contribution in [-0.2, 0) is 20.7 Å². The van der Waals surface area contributed by atoms with Crippen LogP contribution < -0.4 is 19.1 Å². The van der Waals surface area contributed by atoms with Gasteiger partial charge in [0.2, 0.25) is 11.5 Å². The van der Waals surface area contributed by atoms with Gasteiger partial charge in [-0.05, 0) is 29.8 Å². The second kappa shape index (κ2) is 10.1. The van der Waals surface area contributed by atoms with Gasteiger partial charge in [-0.3, -0.25) is 9.59 Å². The number of fused-ring (bicyclic) bond motifs is 1. The van der Waals surface area contributed by atoms with Crippen molar-refractivity contribution in [3.05, 3.63) is 52.6 Å². The maximum absolute atomic E-state index is 12.6. The van der Waals surface area contributed by atoms with Crippen molar-refractivity contribution in [3.63, 3.8) is 0 Å². The maximum atomic E-state index is 12.6. The summed E-state index contributed by atoms with van der Waals surface area (Å²) in [5.41, 5.74) is 1.43. The number of ketones is 1. The quantitative estimate of drug-likeness (QED) is 0.338. The lowest BCUT2D eigenvalue weighted by Crippen LogP contribution is -2.20. The lowest BCUT2D eigenvalue weighted by molar-refractivity contribution is -0.146. The van der Waals surface area contributed by atoms with Crippen LogP contribution in [0.2, 0.25) is 0 Å². The fourth-order valence-corrected chi connectivity index (χ4v) is 4.39. The fourth-order valence-electron chi connectivity index (χ4n) is 3.22. The Morgan fingerprint density at radius 3 is 2.28 bits per heavy atom. The van der Waals surface area contributed by atoms with Crippen LogP contribution in [0.1, 0.15) is 5.56 Å². The van der Waals surface area contributed by atoms with Gasteiger partial charge < -0.3 is 23.8 Å². The summed E-state index contributed by atoms with van der Waals surface area (Å²) >= 11 is 1.34. The topological polar surface area (TPSA) is 98.1 Å². The van der Waals surface area contributed by atoms with Crippen molar-refractivity contribution < 1.29 is 28.5 Å². The van der Waals surface area contributed by atoms with Crippen molar-refractivity contribution >= 4 is 29.2 Å². The summed E-state index contributed by atoms with van der Waals surface area (Å²) in [5, 5.41) is 10.1. The average Bonchev–Trinajstić information content (AvgIpc) is 3.13. The van der Waals surface area contributed by atoms with Gasteiger partial charge in [0.1, 0.15) is 16.7 Å². The van der Waals surface area contributed by atoms with Crippen LogP contribution in [0.3, 0.4) is 0 Å². The number of carbonyl (C=O) groups excluding carboxylic acids is 2. The number of carbonyl (C=O) groups is 2. The van der Waals surface area contributed by atoms with Crippen LogP contribution in [0.25, 0.3) is 0 Å². The van der Waals surface area contributed by atoms with Crippen molar-refractivity contribution in [1.82, 2.24) is 0 Å². The van der Waals surface area contributed by atoms with Crippen molar-refractivity contribution in [1.29, 1.82) is 5.26 Å². The first-order valence-corrected chi connectivity index (χ1v) is 10.4. The molecule has 2 aromatic carbocycles. The van der Waals surface area contributed by atoms with Crippen molar-refractivity contribution in [2.75, 3.05) is 39.9 Å². The standard InChI is InChI=1S/C23H22N2O6S/c1-25-16-7-5-6-8-20(16)32-23(25)15(12-24)17(26)13-31-21(27)11-14-9-18(28-2)22(30-4)19(10-14)29-3/h5-10H,11,13H2,1-4H3/b23-15-. The van der Waals surface area contributed by atoms with Gasteiger partial charge in [0.15, 0.2) is 18.1 Å². The number of nitrogens with zero attached hydrogens (tertiary/aromatic N) is 2. The third-order valence-electron chi connectivity index (χ3n) is 4.78. The Bertz CT molecular complexity index is 1100. The van der Waals surface area contributed by atoms with Crippen LogP contribution in [0.15, 0.2) is 51.9 Å². The van der Waals surface area contributed by atoms with E-state index in [1.165, 1.54) is 33.1 Å². The van der Waals surface area contributed by atoms with Crippen LogP contribution in [-0.4, -0.2) is 46.7 Å². The molecule has 1 aliphatic rings. The van der Waals surface area contributed by atoms with Crippen molar-refractivity contribution in [2.45, 2.75) is 11.3 Å². The van der Waals surface area contributed by atoms with E-state index in [1.807, 2.05) is 30.3 Å². The molecule has 1 heterocycles. The predicted molar refractivity (Wildman–Crippen MR) is 119 cm³/mol. The van der Waals surface area contributed by atoms with Crippen LogP contribution in [0.4, 0.5) is 5.69 Å². The Labute approximate surface area is 190 Å². The number of methoxy groups -OCH3 is 3. The molecule has 166 valence electrons. The van der Waals surface area contributed by atoms with Gasteiger partial charge in [-0.25, -0.2) is 0 Å². The molecule has 0 saturated carbocycles. The van der Waals surface area contributed by atoms with Gasteiger partial charge in [-0.2, -0.15) is 5.26 Å². The lowest BCUT2D eigenvalue weighted by atomic mass is 10.1. The number of thioether (sulfide) groups is 1. The third-order valence-corrected chi connectivity index (χ3v) is 6.02. The summed E-state index contributed by atoms with van der Waals surface area (Å²) in [6.07, 6.45) is -0.109. The number of esters is 1. The Balaban J connectivity index is 1.69. The third kappa shape index (κ3) is 4.65. The first-order chi connectivity index (χ1) is 15.4. The number of Topliss-reactive ketones (excluding diaryl/α,β-unsaturated/α-hetero) is 1. The zero-order valence-electron chi connectivity index (χ0n) is 18.1. The molecule has 32 heavy (non-hydrogen) atoms. The number of hydrogen-bond donors (Lipinski definition) is 0. The van der Waals surface area contributed by atoms with Crippen LogP contribution in [0, 0.1) is 11.3 Å². The van der Waals surface area contributed by atoms with Gasteiger partial charge in [-0.1, -0.05) is 23.9 Å². The number of ether oxygens (including phenoxy) is 4. The molecule has 3 rings (SSSR count). The highest BCUT2D eigenvalue weighted by Gasteiger charge is 2.28. The molecular weight excluding hydrogens is 432 g/mol. The first kappa shape index (κ1) is 23.0. The number of rotatable bonds is 8. The van der Waals surface area contributed by atoms with E-state index in [-0.39, 0.29) is 12.0 Å². The molecule has 2 aromatic rings. The number of para-hydroxylation sites is 1. The van der Waals surface area contributed by atoms with E-state index < -0.39 is 18.4 Å². The van der Waals surface area contributed by atoms with Crippen LogP contribution >= 0.6 is 11.8 Å². The van der Waals surface area contributed by atoms with E-state index in [2.05, 4.69) is 0 Å². The number of benzene rings is 2. The minimum atomic E-state index is -0.620. The fraction of sp³-hybridized carbons (Fsp3) is 0.261. The molecule has 0 radical (unpaired) electrons. The molecule has 0 aliphatic carbocycles. The SMILES string of the molecule is COc1cc(CC(=O)OCC(=O)/C(C#N)=C2\Sc3ccccc3N2C)cc(OC)c1OC. The Morgan fingerprint density at radius 2 is 1.72 bits per heavy atom. The van der Waals surface area contributed by atoms with Gasteiger partial charge in [0.05, 0.1) is 33.4 Å². The summed E-state index contributed by atoms with van der Waals surface area (Å²) in [7, 11) is 6.23. The molecule has 0 fully saturated rings. The van der Waals surface area contributed by atoms with E-state index in [9.17, 15) is 14.9 Å². The summed E-state index contributed by atoms with van der Waals surface area (Å²) in [4.78, 5) is 27.7. The Hall–Kier alpha value is -3.64. The number of nitriles is 1. The van der Waals surface area contributed by atoms with E-state index in [1.54, 1.807) is 24.1 Å². The Morgan fingerprint density at radius 1 is 1.06 bits per heavy atom. The molecule has 0 bridgehead atoms. The molecule has 8 nitrogen and oxygen atoms in total. The van der Waals surface area contributed by atoms with E-state index in [0.717, 1.165) is 10.6 Å². The Kier molecular flexibility index (Phi) is 7.28. The highest BCUT2D eigenvalue weighted by Crippen LogP contribution is 2.46.